The number of rotatable bonds is 4. The Bertz CT molecular complexity index is 540. The van der Waals surface area contributed by atoms with Gasteiger partial charge in [-0.2, -0.15) is 0 Å². The van der Waals surface area contributed by atoms with Crippen molar-refractivity contribution in [2.75, 3.05) is 26.2 Å². The topological polar surface area (TPSA) is 70.5 Å². The van der Waals surface area contributed by atoms with Gasteiger partial charge in [0.2, 0.25) is 5.91 Å². The number of imidazole rings is 1. The number of urea groups is 1. The van der Waals surface area contributed by atoms with Crippen LogP contribution in [-0.4, -0.2) is 57.5 Å². The summed E-state index contributed by atoms with van der Waals surface area (Å²) < 4.78 is 2.07. The maximum absolute atomic E-state index is 12.3. The van der Waals surface area contributed by atoms with Crippen molar-refractivity contribution in [3.05, 3.63) is 18.2 Å². The smallest absolute Gasteiger partial charge is 0.317 e. The van der Waals surface area contributed by atoms with Gasteiger partial charge < -0.3 is 19.7 Å². The number of hydrogen-bond acceptors (Lipinski definition) is 3. The van der Waals surface area contributed by atoms with Crippen molar-refractivity contribution in [1.29, 1.82) is 0 Å². The largest absolute Gasteiger partial charge is 0.341 e. The fourth-order valence-corrected chi connectivity index (χ4v) is 2.77. The molecule has 1 aliphatic heterocycles. The van der Waals surface area contributed by atoms with Gasteiger partial charge in [0.05, 0.1) is 6.54 Å². The van der Waals surface area contributed by atoms with Crippen LogP contribution in [0.25, 0.3) is 0 Å². The Morgan fingerprint density at radius 3 is 2.61 bits per heavy atom. The van der Waals surface area contributed by atoms with Crippen LogP contribution < -0.4 is 5.32 Å². The second-order valence-electron chi connectivity index (χ2n) is 6.40. The van der Waals surface area contributed by atoms with Crippen LogP contribution >= 0.6 is 0 Å². The van der Waals surface area contributed by atoms with E-state index in [2.05, 4.69) is 28.7 Å². The lowest BCUT2D eigenvalue weighted by atomic mass is 10.2. The van der Waals surface area contributed by atoms with Crippen LogP contribution in [0.3, 0.4) is 0 Å². The van der Waals surface area contributed by atoms with Crippen LogP contribution in [0.5, 0.6) is 0 Å². The highest BCUT2D eigenvalue weighted by molar-refractivity contribution is 5.75. The third-order valence-corrected chi connectivity index (χ3v) is 3.99. The Labute approximate surface area is 137 Å². The predicted molar refractivity (Wildman–Crippen MR) is 87.7 cm³/mol. The summed E-state index contributed by atoms with van der Waals surface area (Å²) in [6.07, 6.45) is 4.52. The molecule has 0 aliphatic carbocycles. The first-order valence-corrected chi connectivity index (χ1v) is 8.25. The number of carbonyl (C=O) groups is 2. The molecule has 7 heteroatoms. The number of nitrogens with zero attached hydrogens (tertiary/aromatic N) is 4. The van der Waals surface area contributed by atoms with Crippen molar-refractivity contribution in [3.63, 3.8) is 0 Å². The molecule has 128 valence electrons. The summed E-state index contributed by atoms with van der Waals surface area (Å²) in [5, 5.41) is 2.94. The average Bonchev–Trinajstić information content (AvgIpc) is 2.77. The van der Waals surface area contributed by atoms with Gasteiger partial charge in [0.25, 0.3) is 0 Å². The van der Waals surface area contributed by atoms with Gasteiger partial charge in [-0.25, -0.2) is 9.78 Å². The molecule has 0 atom stereocenters. The lowest BCUT2D eigenvalue weighted by Crippen LogP contribution is -2.42. The van der Waals surface area contributed by atoms with Crippen LogP contribution in [0.4, 0.5) is 4.79 Å². The van der Waals surface area contributed by atoms with Gasteiger partial charge in [0.1, 0.15) is 5.82 Å². The second-order valence-corrected chi connectivity index (χ2v) is 6.40. The van der Waals surface area contributed by atoms with E-state index in [-0.39, 0.29) is 11.9 Å². The zero-order valence-corrected chi connectivity index (χ0v) is 14.3. The molecule has 0 spiro atoms. The molecule has 0 aromatic carbocycles. The molecule has 23 heavy (non-hydrogen) atoms. The summed E-state index contributed by atoms with van der Waals surface area (Å²) in [5.74, 6) is 1.47. The fraction of sp³-hybridized carbons (Fsp3) is 0.688. The van der Waals surface area contributed by atoms with E-state index in [1.807, 2.05) is 6.20 Å². The summed E-state index contributed by atoms with van der Waals surface area (Å²) in [7, 11) is 0. The van der Waals surface area contributed by atoms with Gasteiger partial charge in [-0.1, -0.05) is 13.8 Å². The molecule has 1 aromatic rings. The molecule has 2 rings (SSSR count). The highest BCUT2D eigenvalue weighted by atomic mass is 16.2. The molecule has 1 fully saturated rings. The molecule has 1 aliphatic rings. The van der Waals surface area contributed by atoms with Crippen LogP contribution in [0.1, 0.15) is 33.0 Å². The first-order valence-electron chi connectivity index (χ1n) is 8.25. The van der Waals surface area contributed by atoms with E-state index in [0.29, 0.717) is 32.1 Å². The van der Waals surface area contributed by atoms with Crippen molar-refractivity contribution < 1.29 is 9.59 Å². The lowest BCUT2D eigenvalue weighted by molar-refractivity contribution is -0.128. The number of aromatic nitrogens is 2. The van der Waals surface area contributed by atoms with Gasteiger partial charge in [0, 0.05) is 52.0 Å². The van der Waals surface area contributed by atoms with Crippen LogP contribution in [0.15, 0.2) is 12.4 Å². The van der Waals surface area contributed by atoms with E-state index in [9.17, 15) is 9.59 Å². The summed E-state index contributed by atoms with van der Waals surface area (Å²) in [4.78, 5) is 31.6. The summed E-state index contributed by atoms with van der Waals surface area (Å²) in [6, 6.07) is -0.0884. The van der Waals surface area contributed by atoms with E-state index < -0.39 is 0 Å². The number of amides is 3. The average molecular weight is 321 g/mol. The van der Waals surface area contributed by atoms with E-state index >= 15 is 0 Å². The zero-order valence-electron chi connectivity index (χ0n) is 14.3. The molecule has 7 nitrogen and oxygen atoms in total. The molecule has 0 saturated carbocycles. The van der Waals surface area contributed by atoms with Crippen LogP contribution in [-0.2, 0) is 17.9 Å². The van der Waals surface area contributed by atoms with Gasteiger partial charge >= 0.3 is 6.03 Å². The van der Waals surface area contributed by atoms with Gasteiger partial charge in [-0.3, -0.25) is 4.79 Å². The molecule has 1 N–H and O–H groups in total. The van der Waals surface area contributed by atoms with Crippen molar-refractivity contribution >= 4 is 11.9 Å². The van der Waals surface area contributed by atoms with Gasteiger partial charge in [0.15, 0.2) is 0 Å². The number of nitrogens with one attached hydrogen (secondary N) is 1. The van der Waals surface area contributed by atoms with Crippen molar-refractivity contribution in [1.82, 2.24) is 24.7 Å². The monoisotopic (exact) mass is 321 g/mol. The predicted octanol–water partition coefficient (Wildman–Crippen LogP) is 1.30. The van der Waals surface area contributed by atoms with Crippen LogP contribution in [0, 0.1) is 5.92 Å². The molecular weight excluding hydrogens is 294 g/mol. The normalized spacial score (nSPS) is 15.7. The lowest BCUT2D eigenvalue weighted by Gasteiger charge is -2.22. The second kappa shape index (κ2) is 7.99. The van der Waals surface area contributed by atoms with Crippen molar-refractivity contribution in [2.24, 2.45) is 5.92 Å². The Balaban J connectivity index is 1.85. The van der Waals surface area contributed by atoms with Crippen molar-refractivity contribution in [2.45, 2.75) is 40.3 Å². The fourth-order valence-electron chi connectivity index (χ4n) is 2.77. The maximum Gasteiger partial charge on any atom is 0.317 e. The molecule has 0 bridgehead atoms. The molecule has 0 unspecified atom stereocenters. The molecule has 1 saturated heterocycles. The SMILES string of the molecule is CC(=O)N1CCCN(C(=O)NCc2nccn2CC(C)C)CC1. The summed E-state index contributed by atoms with van der Waals surface area (Å²) >= 11 is 0. The minimum Gasteiger partial charge on any atom is -0.341 e. The van der Waals surface area contributed by atoms with Crippen LogP contribution in [0.2, 0.25) is 0 Å². The molecule has 2 heterocycles. The first-order chi connectivity index (χ1) is 11.0. The molecular formula is C16H27N5O2. The van der Waals surface area contributed by atoms with Crippen molar-refractivity contribution in [3.8, 4) is 0 Å². The zero-order chi connectivity index (χ0) is 16.8. The quantitative estimate of drug-likeness (QED) is 0.909. The minimum atomic E-state index is -0.0884. The summed E-state index contributed by atoms with van der Waals surface area (Å²) in [6.45, 7) is 9.77. The highest BCUT2D eigenvalue weighted by Crippen LogP contribution is 2.06. The highest BCUT2D eigenvalue weighted by Gasteiger charge is 2.20. The maximum atomic E-state index is 12.3. The standard InChI is InChI=1S/C16H27N5O2/c1-13(2)12-21-8-5-17-15(21)11-18-16(23)20-7-4-6-19(9-10-20)14(3)22/h5,8,13H,4,6-7,9-12H2,1-3H3,(H,18,23). The van der Waals surface area contributed by atoms with E-state index in [1.54, 1.807) is 22.9 Å². The third kappa shape index (κ3) is 4.97. The first kappa shape index (κ1) is 17.3. The summed E-state index contributed by atoms with van der Waals surface area (Å²) in [5.41, 5.74) is 0. The molecule has 1 aromatic heterocycles. The van der Waals surface area contributed by atoms with Gasteiger partial charge in [-0.05, 0) is 12.3 Å². The Hall–Kier alpha value is -2.05. The van der Waals surface area contributed by atoms with E-state index in [0.717, 1.165) is 25.3 Å². The minimum absolute atomic E-state index is 0.0722. The number of hydrogen-bond donors (Lipinski definition) is 1. The Morgan fingerprint density at radius 2 is 1.91 bits per heavy atom. The Kier molecular flexibility index (Phi) is 6.01. The van der Waals surface area contributed by atoms with E-state index in [1.165, 1.54) is 0 Å². The number of carbonyl (C=O) groups excluding carboxylic acids is 2. The van der Waals surface area contributed by atoms with E-state index in [4.69, 9.17) is 0 Å². The molecule has 3 amide bonds. The van der Waals surface area contributed by atoms with Gasteiger partial charge in [-0.15, -0.1) is 0 Å². The molecule has 0 radical (unpaired) electrons. The third-order valence-electron chi connectivity index (χ3n) is 3.99. The Morgan fingerprint density at radius 1 is 1.22 bits per heavy atom.